The van der Waals surface area contributed by atoms with Crippen LogP contribution in [0.3, 0.4) is 0 Å². The van der Waals surface area contributed by atoms with Gasteiger partial charge in [0.15, 0.2) is 0 Å². The van der Waals surface area contributed by atoms with Crippen LogP contribution in [0.4, 0.5) is 10.1 Å². The molecular formula is C10H14FNO2S. The molecule has 0 aliphatic carbocycles. The summed E-state index contributed by atoms with van der Waals surface area (Å²) in [5, 5.41) is 8.81. The lowest BCUT2D eigenvalue weighted by Crippen LogP contribution is -2.03. The van der Waals surface area contributed by atoms with Crippen LogP contribution in [0.25, 0.3) is 0 Å². The van der Waals surface area contributed by atoms with Crippen molar-refractivity contribution in [3.05, 3.63) is 17.9 Å². The number of hydrogen-bond donors (Lipinski definition) is 2. The van der Waals surface area contributed by atoms with Gasteiger partial charge in [0.1, 0.15) is 11.6 Å². The van der Waals surface area contributed by atoms with Crippen molar-refractivity contribution in [1.82, 2.24) is 0 Å². The second-order valence-electron chi connectivity index (χ2n) is 3.14. The number of aliphatic hydroxyl groups is 1. The van der Waals surface area contributed by atoms with Crippen LogP contribution in [0.5, 0.6) is 5.75 Å². The first-order chi connectivity index (χ1) is 7.08. The molecule has 1 unspecified atom stereocenters. The maximum absolute atomic E-state index is 13.4. The lowest BCUT2D eigenvalue weighted by molar-refractivity contribution is 0.300. The summed E-state index contributed by atoms with van der Waals surface area (Å²) >= 11 is 1.25. The molecule has 5 heteroatoms. The van der Waals surface area contributed by atoms with Crippen LogP contribution < -0.4 is 10.5 Å². The molecular weight excluding hydrogens is 217 g/mol. The van der Waals surface area contributed by atoms with E-state index in [-0.39, 0.29) is 17.5 Å². The zero-order valence-corrected chi connectivity index (χ0v) is 9.47. The molecule has 0 bridgehead atoms. The van der Waals surface area contributed by atoms with Gasteiger partial charge in [0.05, 0.1) is 19.4 Å². The number of rotatable bonds is 4. The number of methoxy groups -OCH3 is 1. The van der Waals surface area contributed by atoms with Gasteiger partial charge < -0.3 is 15.6 Å². The molecule has 0 aliphatic heterocycles. The molecule has 1 atom stereocenters. The van der Waals surface area contributed by atoms with Crippen molar-refractivity contribution in [2.45, 2.75) is 17.1 Å². The van der Waals surface area contributed by atoms with Gasteiger partial charge in [-0.15, -0.1) is 11.8 Å². The molecule has 0 fully saturated rings. The first kappa shape index (κ1) is 12.1. The Balaban J connectivity index is 2.97. The molecule has 15 heavy (non-hydrogen) atoms. The van der Waals surface area contributed by atoms with Crippen LogP contribution in [-0.2, 0) is 0 Å². The Morgan fingerprint density at radius 1 is 1.60 bits per heavy atom. The van der Waals surface area contributed by atoms with E-state index in [4.69, 9.17) is 15.6 Å². The van der Waals surface area contributed by atoms with E-state index in [9.17, 15) is 4.39 Å². The van der Waals surface area contributed by atoms with Crippen molar-refractivity contribution in [3.63, 3.8) is 0 Å². The minimum atomic E-state index is -0.390. The molecule has 84 valence electrons. The molecule has 0 saturated heterocycles. The van der Waals surface area contributed by atoms with Gasteiger partial charge in [-0.3, -0.25) is 0 Å². The van der Waals surface area contributed by atoms with Crippen molar-refractivity contribution in [3.8, 4) is 5.75 Å². The van der Waals surface area contributed by atoms with E-state index >= 15 is 0 Å². The van der Waals surface area contributed by atoms with Crippen molar-refractivity contribution in [2.24, 2.45) is 0 Å². The summed E-state index contributed by atoms with van der Waals surface area (Å²) in [4.78, 5) is 0.433. The zero-order chi connectivity index (χ0) is 11.4. The smallest absolute Gasteiger partial charge is 0.143 e. The van der Waals surface area contributed by atoms with Crippen molar-refractivity contribution in [2.75, 3.05) is 19.5 Å². The van der Waals surface area contributed by atoms with Crippen LogP contribution in [-0.4, -0.2) is 24.1 Å². The third-order valence-electron chi connectivity index (χ3n) is 1.87. The van der Waals surface area contributed by atoms with Crippen LogP contribution in [0.15, 0.2) is 17.0 Å². The minimum absolute atomic E-state index is 0.00318. The quantitative estimate of drug-likeness (QED) is 0.613. The molecule has 3 N–H and O–H groups in total. The maximum Gasteiger partial charge on any atom is 0.143 e. The van der Waals surface area contributed by atoms with E-state index in [1.165, 1.54) is 24.9 Å². The highest BCUT2D eigenvalue weighted by Crippen LogP contribution is 2.33. The first-order valence-corrected chi connectivity index (χ1v) is 5.37. The summed E-state index contributed by atoms with van der Waals surface area (Å²) in [5.41, 5.74) is 5.81. The van der Waals surface area contributed by atoms with Crippen LogP contribution in [0.1, 0.15) is 6.92 Å². The molecule has 1 aromatic rings. The molecule has 0 saturated carbocycles. The normalized spacial score (nSPS) is 12.5. The number of thioether (sulfide) groups is 1. The Hall–Kier alpha value is -0.940. The molecule has 3 nitrogen and oxygen atoms in total. The van der Waals surface area contributed by atoms with Crippen molar-refractivity contribution >= 4 is 17.4 Å². The highest BCUT2D eigenvalue weighted by atomic mass is 32.2. The summed E-state index contributed by atoms with van der Waals surface area (Å²) in [7, 11) is 1.48. The molecule has 0 spiro atoms. The number of halogens is 1. The number of nitrogen functional groups attached to an aromatic ring is 1. The number of anilines is 1. The fourth-order valence-electron chi connectivity index (χ4n) is 1.07. The number of hydrogen-bond acceptors (Lipinski definition) is 4. The molecule has 1 aromatic carbocycles. The van der Waals surface area contributed by atoms with Gasteiger partial charge in [-0.1, -0.05) is 6.92 Å². The molecule has 0 radical (unpaired) electrons. The van der Waals surface area contributed by atoms with Gasteiger partial charge in [0, 0.05) is 16.2 Å². The lowest BCUT2D eigenvalue weighted by atomic mass is 10.3. The highest BCUT2D eigenvalue weighted by molar-refractivity contribution is 8.00. The molecule has 0 aliphatic rings. The summed E-state index contributed by atoms with van der Waals surface area (Å²) in [6.45, 7) is 1.81. The second-order valence-corrected chi connectivity index (χ2v) is 4.62. The van der Waals surface area contributed by atoms with Gasteiger partial charge in [-0.2, -0.15) is 0 Å². The minimum Gasteiger partial charge on any atom is -0.495 e. The highest BCUT2D eigenvalue weighted by Gasteiger charge is 2.11. The largest absolute Gasteiger partial charge is 0.495 e. The van der Waals surface area contributed by atoms with E-state index in [1.54, 1.807) is 6.07 Å². The Bertz CT molecular complexity index is 346. The fraction of sp³-hybridized carbons (Fsp3) is 0.400. The van der Waals surface area contributed by atoms with Crippen LogP contribution in [0.2, 0.25) is 0 Å². The maximum atomic E-state index is 13.4. The van der Waals surface area contributed by atoms with Crippen LogP contribution in [0, 0.1) is 5.82 Å². The van der Waals surface area contributed by atoms with Gasteiger partial charge >= 0.3 is 0 Å². The van der Waals surface area contributed by atoms with Gasteiger partial charge in [-0.05, 0) is 6.07 Å². The predicted molar refractivity (Wildman–Crippen MR) is 59.8 cm³/mol. The predicted octanol–water partition coefficient (Wildman–Crippen LogP) is 1.89. The number of nitrogens with two attached hydrogens (primary N) is 1. The van der Waals surface area contributed by atoms with Crippen LogP contribution >= 0.6 is 11.8 Å². The molecule has 0 heterocycles. The third-order valence-corrected chi connectivity index (χ3v) is 2.99. The van der Waals surface area contributed by atoms with E-state index in [0.29, 0.717) is 10.6 Å². The topological polar surface area (TPSA) is 55.5 Å². The average Bonchev–Trinajstić information content (AvgIpc) is 2.21. The van der Waals surface area contributed by atoms with E-state index in [0.717, 1.165) is 0 Å². The second kappa shape index (κ2) is 5.23. The van der Waals surface area contributed by atoms with E-state index in [1.807, 2.05) is 6.92 Å². The Kier molecular flexibility index (Phi) is 4.23. The first-order valence-electron chi connectivity index (χ1n) is 4.49. The average molecular weight is 231 g/mol. The summed E-state index contributed by atoms with van der Waals surface area (Å²) in [6.07, 6.45) is 0. The molecule has 0 amide bonds. The summed E-state index contributed by atoms with van der Waals surface area (Å²) in [5.74, 6) is 0.0580. The summed E-state index contributed by atoms with van der Waals surface area (Å²) in [6, 6.07) is 2.77. The zero-order valence-electron chi connectivity index (χ0n) is 8.66. The SMILES string of the molecule is COc1cc(SC(C)CO)c(F)cc1N. The Morgan fingerprint density at radius 3 is 2.80 bits per heavy atom. The van der Waals surface area contributed by atoms with Gasteiger partial charge in [-0.25, -0.2) is 4.39 Å². The Morgan fingerprint density at radius 2 is 2.27 bits per heavy atom. The van der Waals surface area contributed by atoms with E-state index < -0.39 is 5.82 Å². The number of benzene rings is 1. The standard InChI is InChI=1S/C10H14FNO2S/c1-6(5-13)15-10-4-9(14-2)8(12)3-7(10)11/h3-4,6,13H,5,12H2,1-2H3. The number of aliphatic hydroxyl groups excluding tert-OH is 1. The molecule has 1 rings (SSSR count). The molecule has 0 aromatic heterocycles. The monoisotopic (exact) mass is 231 g/mol. The fourth-order valence-corrected chi connectivity index (χ4v) is 1.93. The summed E-state index contributed by atoms with van der Waals surface area (Å²) < 4.78 is 18.4. The Labute approximate surface area is 92.4 Å². The van der Waals surface area contributed by atoms with Gasteiger partial charge in [0.2, 0.25) is 0 Å². The van der Waals surface area contributed by atoms with E-state index in [2.05, 4.69) is 0 Å². The number of ether oxygens (including phenoxy) is 1. The van der Waals surface area contributed by atoms with Crippen molar-refractivity contribution < 1.29 is 14.2 Å². The van der Waals surface area contributed by atoms with Gasteiger partial charge in [0.25, 0.3) is 0 Å². The third kappa shape index (κ3) is 3.00. The lowest BCUT2D eigenvalue weighted by Gasteiger charge is -2.11. The van der Waals surface area contributed by atoms with Crippen molar-refractivity contribution in [1.29, 1.82) is 0 Å².